The van der Waals surface area contributed by atoms with Gasteiger partial charge in [0.15, 0.2) is 5.03 Å². The molecule has 0 amide bonds. The summed E-state index contributed by atoms with van der Waals surface area (Å²) in [5.41, 5.74) is -0.567. The van der Waals surface area contributed by atoms with Gasteiger partial charge < -0.3 is 9.72 Å². The minimum absolute atomic E-state index is 0.159. The van der Waals surface area contributed by atoms with Gasteiger partial charge in [0, 0.05) is 0 Å². The maximum absolute atomic E-state index is 12.1. The van der Waals surface area contributed by atoms with E-state index in [4.69, 9.17) is 4.74 Å². The number of benzene rings is 1. The third-order valence-corrected chi connectivity index (χ3v) is 3.89. The largest absolute Gasteiger partial charge is 0.496 e. The van der Waals surface area contributed by atoms with Crippen molar-refractivity contribution >= 4 is 21.4 Å². The fourth-order valence-corrected chi connectivity index (χ4v) is 2.66. The molecule has 0 unspecified atom stereocenters. The van der Waals surface area contributed by atoms with E-state index in [0.717, 1.165) is 12.3 Å². The summed E-state index contributed by atoms with van der Waals surface area (Å²) in [5, 5.41) is 10.8. The zero-order chi connectivity index (χ0) is 15.6. The predicted octanol–water partition coefficient (Wildman–Crippen LogP) is 1.44. The number of sulfonamides is 1. The first-order chi connectivity index (χ1) is 9.83. The van der Waals surface area contributed by atoms with Crippen molar-refractivity contribution < 1.29 is 18.1 Å². The number of rotatable bonds is 5. The summed E-state index contributed by atoms with van der Waals surface area (Å²) in [6.07, 6.45) is 1.13. The summed E-state index contributed by atoms with van der Waals surface area (Å²) >= 11 is 0. The standard InChI is InChI=1S/C11H12N4O5S/c1-7-12-6-11(13-7)21(18,19)14-9-4-3-8(20-2)5-10(9)15(16)17/h3-6,14H,1-2H3,(H,12,13). The van der Waals surface area contributed by atoms with Gasteiger partial charge in [-0.15, -0.1) is 0 Å². The summed E-state index contributed by atoms with van der Waals surface area (Å²) in [6, 6.07) is 3.82. The molecule has 0 aliphatic carbocycles. The third-order valence-electron chi connectivity index (χ3n) is 2.61. The van der Waals surface area contributed by atoms with E-state index < -0.39 is 20.6 Å². The molecule has 21 heavy (non-hydrogen) atoms. The molecule has 2 N–H and O–H groups in total. The Hall–Kier alpha value is -2.62. The van der Waals surface area contributed by atoms with Crippen LogP contribution in [0.4, 0.5) is 11.4 Å². The van der Waals surface area contributed by atoms with Crippen LogP contribution < -0.4 is 9.46 Å². The Morgan fingerprint density at radius 1 is 1.43 bits per heavy atom. The molecule has 0 aliphatic heterocycles. The van der Waals surface area contributed by atoms with Crippen molar-refractivity contribution in [1.82, 2.24) is 9.97 Å². The minimum Gasteiger partial charge on any atom is -0.496 e. The number of nitro benzene ring substituents is 1. The Morgan fingerprint density at radius 3 is 2.67 bits per heavy atom. The Labute approximate surface area is 120 Å². The zero-order valence-electron chi connectivity index (χ0n) is 11.2. The highest BCUT2D eigenvalue weighted by molar-refractivity contribution is 7.92. The fourth-order valence-electron chi connectivity index (χ4n) is 1.61. The predicted molar refractivity (Wildman–Crippen MR) is 73.8 cm³/mol. The second-order valence-electron chi connectivity index (χ2n) is 4.08. The summed E-state index contributed by atoms with van der Waals surface area (Å²) in [4.78, 5) is 16.6. The summed E-state index contributed by atoms with van der Waals surface area (Å²) in [7, 11) is -2.62. The van der Waals surface area contributed by atoms with E-state index in [1.54, 1.807) is 6.92 Å². The number of imidazole rings is 1. The molecule has 0 saturated heterocycles. The van der Waals surface area contributed by atoms with Gasteiger partial charge in [0.25, 0.3) is 15.7 Å². The van der Waals surface area contributed by atoms with Gasteiger partial charge >= 0.3 is 0 Å². The van der Waals surface area contributed by atoms with Gasteiger partial charge in [-0.2, -0.15) is 8.42 Å². The van der Waals surface area contributed by atoms with Crippen molar-refractivity contribution in [1.29, 1.82) is 0 Å². The highest BCUT2D eigenvalue weighted by Gasteiger charge is 2.22. The number of anilines is 1. The van der Waals surface area contributed by atoms with Crippen LogP contribution in [0.1, 0.15) is 5.82 Å². The molecule has 0 bridgehead atoms. The lowest BCUT2D eigenvalue weighted by Crippen LogP contribution is -2.14. The van der Waals surface area contributed by atoms with Gasteiger partial charge in [-0.3, -0.25) is 14.8 Å². The maximum Gasteiger partial charge on any atom is 0.297 e. The Kier molecular flexibility index (Phi) is 3.80. The monoisotopic (exact) mass is 312 g/mol. The lowest BCUT2D eigenvalue weighted by atomic mass is 10.2. The molecular formula is C11H12N4O5S. The number of nitrogens with one attached hydrogen (secondary N) is 2. The first-order valence-electron chi connectivity index (χ1n) is 5.70. The molecule has 0 atom stereocenters. The first-order valence-corrected chi connectivity index (χ1v) is 7.18. The van der Waals surface area contributed by atoms with E-state index in [-0.39, 0.29) is 16.5 Å². The van der Waals surface area contributed by atoms with Crippen molar-refractivity contribution in [2.75, 3.05) is 11.8 Å². The number of nitrogens with zero attached hydrogens (tertiary/aromatic N) is 2. The first kappa shape index (κ1) is 14.8. The van der Waals surface area contributed by atoms with Gasteiger partial charge in [-0.25, -0.2) is 4.98 Å². The third kappa shape index (κ3) is 3.11. The molecule has 2 aromatic rings. The average Bonchev–Trinajstić information content (AvgIpc) is 2.86. The smallest absolute Gasteiger partial charge is 0.297 e. The lowest BCUT2D eigenvalue weighted by molar-refractivity contribution is -0.384. The molecular weight excluding hydrogens is 300 g/mol. The summed E-state index contributed by atoms with van der Waals surface area (Å²) in [5.74, 6) is 0.668. The van der Waals surface area contributed by atoms with Gasteiger partial charge in [0.2, 0.25) is 0 Å². The molecule has 1 aromatic carbocycles. The van der Waals surface area contributed by atoms with Gasteiger partial charge in [-0.1, -0.05) is 0 Å². The number of nitro groups is 1. The highest BCUT2D eigenvalue weighted by Crippen LogP contribution is 2.30. The van der Waals surface area contributed by atoms with Crippen LogP contribution in [-0.2, 0) is 10.0 Å². The van der Waals surface area contributed by atoms with E-state index in [1.807, 2.05) is 0 Å². The number of hydrogen-bond acceptors (Lipinski definition) is 6. The van der Waals surface area contributed by atoms with Crippen LogP contribution in [-0.4, -0.2) is 30.4 Å². The maximum atomic E-state index is 12.1. The van der Waals surface area contributed by atoms with Crippen molar-refractivity contribution in [3.05, 3.63) is 40.3 Å². The topological polar surface area (TPSA) is 127 Å². The molecule has 1 heterocycles. The molecule has 0 aliphatic rings. The van der Waals surface area contributed by atoms with Crippen LogP contribution in [0.2, 0.25) is 0 Å². The lowest BCUT2D eigenvalue weighted by Gasteiger charge is -2.08. The van der Waals surface area contributed by atoms with E-state index in [2.05, 4.69) is 14.7 Å². The van der Waals surface area contributed by atoms with Gasteiger partial charge in [0.05, 0.1) is 24.3 Å². The molecule has 0 fully saturated rings. The van der Waals surface area contributed by atoms with Gasteiger partial charge in [-0.05, 0) is 19.1 Å². The second kappa shape index (κ2) is 5.40. The number of aromatic amines is 1. The molecule has 0 spiro atoms. The molecule has 112 valence electrons. The molecule has 0 radical (unpaired) electrons. The van der Waals surface area contributed by atoms with Crippen molar-refractivity contribution in [3.8, 4) is 5.75 Å². The number of aromatic nitrogens is 2. The molecule has 9 nitrogen and oxygen atoms in total. The average molecular weight is 312 g/mol. The van der Waals surface area contributed by atoms with Gasteiger partial charge in [0.1, 0.15) is 17.3 Å². The van der Waals surface area contributed by atoms with E-state index >= 15 is 0 Å². The number of methoxy groups -OCH3 is 1. The Bertz CT molecular complexity index is 784. The van der Waals surface area contributed by atoms with Crippen molar-refractivity contribution in [2.45, 2.75) is 11.9 Å². The number of ether oxygens (including phenoxy) is 1. The molecule has 0 saturated carbocycles. The Morgan fingerprint density at radius 2 is 2.14 bits per heavy atom. The number of aryl methyl sites for hydroxylation is 1. The van der Waals surface area contributed by atoms with Crippen LogP contribution in [0.3, 0.4) is 0 Å². The second-order valence-corrected chi connectivity index (χ2v) is 5.73. The van der Waals surface area contributed by atoms with E-state index in [0.29, 0.717) is 5.82 Å². The number of hydrogen-bond donors (Lipinski definition) is 2. The summed E-state index contributed by atoms with van der Waals surface area (Å²) in [6.45, 7) is 1.59. The quantitative estimate of drug-likeness (QED) is 0.635. The normalized spacial score (nSPS) is 11.1. The van der Waals surface area contributed by atoms with E-state index in [1.165, 1.54) is 19.2 Å². The number of H-pyrrole nitrogens is 1. The SMILES string of the molecule is COc1ccc(NS(=O)(=O)c2cnc(C)[nH]2)c([N+](=O)[O-])c1. The van der Waals surface area contributed by atoms with Crippen LogP contribution in [0.15, 0.2) is 29.4 Å². The van der Waals surface area contributed by atoms with E-state index in [9.17, 15) is 18.5 Å². The van der Waals surface area contributed by atoms with Crippen LogP contribution in [0.5, 0.6) is 5.75 Å². The zero-order valence-corrected chi connectivity index (χ0v) is 12.0. The fraction of sp³-hybridized carbons (Fsp3) is 0.182. The minimum atomic E-state index is -3.98. The van der Waals surface area contributed by atoms with Crippen LogP contribution in [0, 0.1) is 17.0 Å². The highest BCUT2D eigenvalue weighted by atomic mass is 32.2. The van der Waals surface area contributed by atoms with Crippen LogP contribution in [0.25, 0.3) is 0 Å². The van der Waals surface area contributed by atoms with Crippen molar-refractivity contribution in [3.63, 3.8) is 0 Å². The summed E-state index contributed by atoms with van der Waals surface area (Å²) < 4.78 is 31.2. The molecule has 1 aromatic heterocycles. The van der Waals surface area contributed by atoms with Crippen molar-refractivity contribution in [2.24, 2.45) is 0 Å². The molecule has 2 rings (SSSR count). The van der Waals surface area contributed by atoms with Crippen LogP contribution >= 0.6 is 0 Å². The molecule has 10 heteroatoms. The Balaban J connectivity index is 2.41.